The van der Waals surface area contributed by atoms with Gasteiger partial charge >= 0.3 is 5.97 Å². The molecule has 0 aliphatic heterocycles. The van der Waals surface area contributed by atoms with Gasteiger partial charge < -0.3 is 10.4 Å². The van der Waals surface area contributed by atoms with Crippen molar-refractivity contribution < 1.29 is 14.7 Å². The Kier molecular flexibility index (Phi) is 5.36. The van der Waals surface area contributed by atoms with Gasteiger partial charge in [0.25, 0.3) is 0 Å². The van der Waals surface area contributed by atoms with Crippen LogP contribution in [0, 0.1) is 5.92 Å². The molecule has 1 rings (SSSR count). The van der Waals surface area contributed by atoms with Crippen molar-refractivity contribution in [2.75, 3.05) is 0 Å². The lowest BCUT2D eigenvalue weighted by atomic mass is 10.0. The Morgan fingerprint density at radius 3 is 2.22 bits per heavy atom. The molecule has 0 aliphatic carbocycles. The zero-order valence-corrected chi connectivity index (χ0v) is 10.7. The highest BCUT2D eigenvalue weighted by Crippen LogP contribution is 2.17. The van der Waals surface area contributed by atoms with Crippen LogP contribution in [0.3, 0.4) is 0 Å². The molecular weight excluding hydrogens is 230 g/mol. The molecular formula is C14H19NO3. The first kappa shape index (κ1) is 14.2. The van der Waals surface area contributed by atoms with Gasteiger partial charge in [0, 0.05) is 0 Å². The summed E-state index contributed by atoms with van der Waals surface area (Å²) in [5, 5.41) is 11.7. The van der Waals surface area contributed by atoms with E-state index in [9.17, 15) is 9.59 Å². The van der Waals surface area contributed by atoms with E-state index in [2.05, 4.69) is 5.32 Å². The van der Waals surface area contributed by atoms with Crippen molar-refractivity contribution in [2.45, 2.75) is 32.7 Å². The number of benzene rings is 1. The van der Waals surface area contributed by atoms with Gasteiger partial charge in [0.15, 0.2) is 0 Å². The molecule has 0 saturated carbocycles. The lowest BCUT2D eigenvalue weighted by Gasteiger charge is -2.19. The first-order chi connectivity index (χ1) is 8.60. The molecule has 0 heterocycles. The van der Waals surface area contributed by atoms with E-state index in [1.54, 1.807) is 6.92 Å². The fraction of sp³-hybridized carbons (Fsp3) is 0.429. The van der Waals surface area contributed by atoms with Gasteiger partial charge in [-0.15, -0.1) is 0 Å². The predicted molar refractivity (Wildman–Crippen MR) is 69.0 cm³/mol. The van der Waals surface area contributed by atoms with Crippen LogP contribution in [0.4, 0.5) is 0 Å². The highest BCUT2D eigenvalue weighted by molar-refractivity contribution is 5.97. The number of hydrogen-bond donors (Lipinski definition) is 2. The maximum absolute atomic E-state index is 11.9. The van der Waals surface area contributed by atoms with E-state index in [0.29, 0.717) is 6.42 Å². The van der Waals surface area contributed by atoms with Crippen molar-refractivity contribution in [1.82, 2.24) is 5.32 Å². The van der Waals surface area contributed by atoms with Crippen molar-refractivity contribution in [1.29, 1.82) is 0 Å². The number of carboxylic acids is 1. The van der Waals surface area contributed by atoms with E-state index in [1.807, 2.05) is 37.3 Å². The molecule has 0 unspecified atom stereocenters. The molecule has 0 radical (unpaired) electrons. The minimum atomic E-state index is -1.07. The lowest BCUT2D eigenvalue weighted by Crippen LogP contribution is -2.37. The fourth-order valence-electron chi connectivity index (χ4n) is 1.85. The third-order valence-electron chi connectivity index (χ3n) is 2.95. The summed E-state index contributed by atoms with van der Waals surface area (Å²) in [7, 11) is 0. The first-order valence-corrected chi connectivity index (χ1v) is 6.18. The first-order valence-electron chi connectivity index (χ1n) is 6.18. The van der Waals surface area contributed by atoms with Crippen molar-refractivity contribution in [3.05, 3.63) is 35.9 Å². The van der Waals surface area contributed by atoms with Gasteiger partial charge in [0.1, 0.15) is 5.92 Å². The Morgan fingerprint density at radius 2 is 1.78 bits per heavy atom. The number of rotatable bonds is 6. The molecule has 1 aromatic rings. The van der Waals surface area contributed by atoms with E-state index in [0.717, 1.165) is 12.0 Å². The van der Waals surface area contributed by atoms with Gasteiger partial charge in [-0.2, -0.15) is 0 Å². The van der Waals surface area contributed by atoms with Gasteiger partial charge in [-0.3, -0.25) is 9.59 Å². The van der Waals surface area contributed by atoms with Crippen LogP contribution in [0.2, 0.25) is 0 Å². The van der Waals surface area contributed by atoms with Crippen LogP contribution >= 0.6 is 0 Å². The Bertz CT molecular complexity index is 403. The van der Waals surface area contributed by atoms with Crippen LogP contribution in [0.15, 0.2) is 30.3 Å². The Labute approximate surface area is 107 Å². The van der Waals surface area contributed by atoms with E-state index < -0.39 is 17.8 Å². The molecule has 4 heteroatoms. The molecule has 0 aliphatic rings. The van der Waals surface area contributed by atoms with Gasteiger partial charge in [-0.25, -0.2) is 0 Å². The molecule has 2 atom stereocenters. The molecule has 0 aromatic heterocycles. The fourth-order valence-corrected chi connectivity index (χ4v) is 1.85. The quantitative estimate of drug-likeness (QED) is 0.761. The summed E-state index contributed by atoms with van der Waals surface area (Å²) in [5.41, 5.74) is 0.994. The molecule has 98 valence electrons. The number of aliphatic carboxylic acids is 1. The third-order valence-corrected chi connectivity index (χ3v) is 2.95. The summed E-state index contributed by atoms with van der Waals surface area (Å²) in [6.45, 7) is 3.65. The van der Waals surface area contributed by atoms with Gasteiger partial charge in [0.2, 0.25) is 5.91 Å². The average molecular weight is 249 g/mol. The maximum atomic E-state index is 11.9. The normalized spacial score (nSPS) is 13.7. The minimum Gasteiger partial charge on any atom is -0.481 e. The van der Waals surface area contributed by atoms with E-state index in [4.69, 9.17) is 5.11 Å². The summed E-state index contributed by atoms with van der Waals surface area (Å²) < 4.78 is 0. The molecule has 1 amide bonds. The molecule has 0 saturated heterocycles. The second kappa shape index (κ2) is 6.79. The van der Waals surface area contributed by atoms with Crippen LogP contribution in [0.1, 0.15) is 38.3 Å². The smallest absolute Gasteiger partial charge is 0.316 e. The number of carbonyl (C=O) groups excluding carboxylic acids is 1. The predicted octanol–water partition coefficient (Wildman–Crippen LogP) is 2.36. The summed E-state index contributed by atoms with van der Waals surface area (Å²) in [5.74, 6) is -2.46. The molecule has 0 spiro atoms. The monoisotopic (exact) mass is 249 g/mol. The van der Waals surface area contributed by atoms with E-state index in [1.165, 1.54) is 0 Å². The number of hydrogen-bond acceptors (Lipinski definition) is 2. The van der Waals surface area contributed by atoms with Crippen LogP contribution in [0.25, 0.3) is 0 Å². The largest absolute Gasteiger partial charge is 0.481 e. The van der Waals surface area contributed by atoms with Crippen molar-refractivity contribution in [3.63, 3.8) is 0 Å². The minimum absolute atomic E-state index is 0.132. The molecule has 18 heavy (non-hydrogen) atoms. The molecule has 2 N–H and O–H groups in total. The van der Waals surface area contributed by atoms with Gasteiger partial charge in [0.05, 0.1) is 6.04 Å². The Hall–Kier alpha value is -1.84. The van der Waals surface area contributed by atoms with E-state index in [-0.39, 0.29) is 6.04 Å². The van der Waals surface area contributed by atoms with Crippen LogP contribution in [0.5, 0.6) is 0 Å². The second-order valence-electron chi connectivity index (χ2n) is 4.18. The number of carbonyl (C=O) groups is 2. The zero-order valence-electron chi connectivity index (χ0n) is 10.7. The van der Waals surface area contributed by atoms with Crippen molar-refractivity contribution in [3.8, 4) is 0 Å². The summed E-state index contributed by atoms with van der Waals surface area (Å²) in [6, 6.07) is 9.43. The van der Waals surface area contributed by atoms with Gasteiger partial charge in [-0.1, -0.05) is 44.2 Å². The average Bonchev–Trinajstić information content (AvgIpc) is 2.37. The number of amides is 1. The van der Waals surface area contributed by atoms with Crippen molar-refractivity contribution in [2.24, 2.45) is 5.92 Å². The Balaban J connectivity index is 2.75. The summed E-state index contributed by atoms with van der Waals surface area (Å²) >= 11 is 0. The third kappa shape index (κ3) is 3.58. The van der Waals surface area contributed by atoms with Crippen LogP contribution < -0.4 is 5.32 Å². The number of carboxylic acid groups (broad SMARTS) is 1. The SMILES string of the molecule is CC[C@H](C(=O)O)C(=O)N[C@@H](CC)c1ccccc1. The van der Waals surface area contributed by atoms with E-state index >= 15 is 0 Å². The standard InChI is InChI=1S/C14H19NO3/c1-3-11(14(17)18)13(16)15-12(4-2)10-8-6-5-7-9-10/h5-9,11-12H,3-4H2,1-2H3,(H,15,16)(H,17,18)/t11-,12-/m0/s1. The molecule has 1 aromatic carbocycles. The van der Waals surface area contributed by atoms with Gasteiger partial charge in [-0.05, 0) is 18.4 Å². The second-order valence-corrected chi connectivity index (χ2v) is 4.18. The zero-order chi connectivity index (χ0) is 13.5. The Morgan fingerprint density at radius 1 is 1.17 bits per heavy atom. The highest BCUT2D eigenvalue weighted by atomic mass is 16.4. The molecule has 0 bridgehead atoms. The maximum Gasteiger partial charge on any atom is 0.316 e. The molecule has 4 nitrogen and oxygen atoms in total. The summed E-state index contributed by atoms with van der Waals surface area (Å²) in [6.07, 6.45) is 1.03. The highest BCUT2D eigenvalue weighted by Gasteiger charge is 2.25. The van der Waals surface area contributed by atoms with Crippen LogP contribution in [-0.4, -0.2) is 17.0 Å². The topological polar surface area (TPSA) is 66.4 Å². The van der Waals surface area contributed by atoms with Crippen molar-refractivity contribution >= 4 is 11.9 Å². The molecule has 0 fully saturated rings. The number of nitrogens with one attached hydrogen (secondary N) is 1. The summed E-state index contributed by atoms with van der Waals surface area (Å²) in [4.78, 5) is 22.8. The lowest BCUT2D eigenvalue weighted by molar-refractivity contribution is -0.147. The van der Waals surface area contributed by atoms with Crippen LogP contribution in [-0.2, 0) is 9.59 Å².